The summed E-state index contributed by atoms with van der Waals surface area (Å²) in [5.41, 5.74) is 1.29. The Balaban J connectivity index is 1.52. The first-order valence-electron chi connectivity index (χ1n) is 8.82. The summed E-state index contributed by atoms with van der Waals surface area (Å²) in [6, 6.07) is 10.6. The molecule has 0 saturated carbocycles. The molecule has 1 amide bonds. The number of primary sulfonamides is 1. The van der Waals surface area contributed by atoms with Gasteiger partial charge in [-0.2, -0.15) is 5.10 Å². The minimum absolute atomic E-state index is 0.0353. The monoisotopic (exact) mass is 376 g/mol. The number of carbonyl (C=O) groups is 1. The Kier molecular flexibility index (Phi) is 5.73. The molecule has 2 aromatic rings. The van der Waals surface area contributed by atoms with Crippen LogP contribution in [0.3, 0.4) is 0 Å². The standard InChI is InChI=1S/C18H24N4O3S/c19-26(24,25)17-13-20-21(14-17)12-10-18(23)22-11-4-7-16(22)9-8-15-5-2-1-3-6-15/h1-3,5-6,13-14,16H,4,7-12H2,(H2,19,24,25)/t16-/m0/s1. The fraction of sp³-hybridized carbons (Fsp3) is 0.444. The van der Waals surface area contributed by atoms with E-state index in [1.807, 2.05) is 23.1 Å². The summed E-state index contributed by atoms with van der Waals surface area (Å²) in [7, 11) is -3.76. The number of hydrogen-bond donors (Lipinski definition) is 1. The van der Waals surface area contributed by atoms with Gasteiger partial charge in [0.2, 0.25) is 15.9 Å². The van der Waals surface area contributed by atoms with Crippen LogP contribution < -0.4 is 5.14 Å². The molecule has 8 heteroatoms. The normalized spacial score (nSPS) is 17.6. The van der Waals surface area contributed by atoms with Gasteiger partial charge >= 0.3 is 0 Å². The second-order valence-corrected chi connectivity index (χ2v) is 8.20. The largest absolute Gasteiger partial charge is 0.340 e. The highest BCUT2D eigenvalue weighted by atomic mass is 32.2. The number of nitrogens with two attached hydrogens (primary N) is 1. The van der Waals surface area contributed by atoms with E-state index in [1.54, 1.807) is 0 Å². The molecule has 1 aromatic heterocycles. The average molecular weight is 376 g/mol. The predicted octanol–water partition coefficient (Wildman–Crippen LogP) is 1.54. The zero-order chi connectivity index (χ0) is 18.6. The summed E-state index contributed by atoms with van der Waals surface area (Å²) in [6.45, 7) is 1.14. The van der Waals surface area contributed by atoms with Crippen molar-refractivity contribution in [1.29, 1.82) is 0 Å². The Morgan fingerprint density at radius 2 is 2.04 bits per heavy atom. The number of hydrogen-bond acceptors (Lipinski definition) is 4. The predicted molar refractivity (Wildman–Crippen MR) is 97.7 cm³/mol. The van der Waals surface area contributed by atoms with Crippen LogP contribution >= 0.6 is 0 Å². The van der Waals surface area contributed by atoms with E-state index in [0.717, 1.165) is 32.2 Å². The maximum atomic E-state index is 12.6. The number of aromatic nitrogens is 2. The number of likely N-dealkylation sites (tertiary alicyclic amines) is 1. The van der Waals surface area contributed by atoms with Crippen molar-refractivity contribution < 1.29 is 13.2 Å². The van der Waals surface area contributed by atoms with Crippen LogP contribution in [0.5, 0.6) is 0 Å². The van der Waals surface area contributed by atoms with E-state index in [1.165, 1.54) is 22.6 Å². The fourth-order valence-corrected chi connectivity index (χ4v) is 3.87. The van der Waals surface area contributed by atoms with Crippen molar-refractivity contribution in [1.82, 2.24) is 14.7 Å². The van der Waals surface area contributed by atoms with Gasteiger partial charge in [-0.3, -0.25) is 9.48 Å². The van der Waals surface area contributed by atoms with E-state index in [-0.39, 0.29) is 16.8 Å². The van der Waals surface area contributed by atoms with Gasteiger partial charge in [0.15, 0.2) is 0 Å². The molecule has 0 radical (unpaired) electrons. The molecule has 1 saturated heterocycles. The lowest BCUT2D eigenvalue weighted by atomic mass is 10.0. The van der Waals surface area contributed by atoms with Gasteiger partial charge in [0.1, 0.15) is 4.90 Å². The van der Waals surface area contributed by atoms with Crippen LogP contribution in [0.2, 0.25) is 0 Å². The highest BCUT2D eigenvalue weighted by molar-refractivity contribution is 7.89. The summed E-state index contributed by atoms with van der Waals surface area (Å²) in [6.07, 6.45) is 6.86. The Labute approximate surface area is 153 Å². The molecule has 1 aromatic carbocycles. The average Bonchev–Trinajstić information content (AvgIpc) is 3.28. The Morgan fingerprint density at radius 1 is 1.27 bits per heavy atom. The van der Waals surface area contributed by atoms with Gasteiger partial charge < -0.3 is 4.90 Å². The minimum Gasteiger partial charge on any atom is -0.340 e. The lowest BCUT2D eigenvalue weighted by molar-refractivity contribution is -0.132. The summed E-state index contributed by atoms with van der Waals surface area (Å²) in [4.78, 5) is 14.5. The minimum atomic E-state index is -3.76. The molecule has 2 N–H and O–H groups in total. The molecule has 1 atom stereocenters. The van der Waals surface area contributed by atoms with Crippen LogP contribution in [0.4, 0.5) is 0 Å². The topological polar surface area (TPSA) is 98.3 Å². The van der Waals surface area contributed by atoms with Crippen molar-refractivity contribution in [2.45, 2.75) is 49.6 Å². The van der Waals surface area contributed by atoms with E-state index >= 15 is 0 Å². The van der Waals surface area contributed by atoms with Crippen LogP contribution in [0, 0.1) is 0 Å². The van der Waals surface area contributed by atoms with E-state index in [9.17, 15) is 13.2 Å². The Hall–Kier alpha value is -2.19. The molecule has 3 rings (SSSR count). The summed E-state index contributed by atoms with van der Waals surface area (Å²) in [5, 5.41) is 9.03. The van der Waals surface area contributed by atoms with Crippen LogP contribution in [-0.2, 0) is 27.8 Å². The summed E-state index contributed by atoms with van der Waals surface area (Å²) < 4.78 is 24.0. The number of amides is 1. The van der Waals surface area contributed by atoms with Crippen molar-refractivity contribution in [2.24, 2.45) is 5.14 Å². The fourth-order valence-electron chi connectivity index (χ4n) is 3.41. The van der Waals surface area contributed by atoms with E-state index < -0.39 is 10.0 Å². The molecule has 0 aliphatic carbocycles. The van der Waals surface area contributed by atoms with Crippen molar-refractivity contribution in [3.8, 4) is 0 Å². The van der Waals surface area contributed by atoms with Crippen LogP contribution in [0.1, 0.15) is 31.2 Å². The highest BCUT2D eigenvalue weighted by Crippen LogP contribution is 2.23. The molecule has 2 heterocycles. The first-order valence-corrected chi connectivity index (χ1v) is 10.4. The number of carbonyl (C=O) groups excluding carboxylic acids is 1. The third-order valence-electron chi connectivity index (χ3n) is 4.80. The van der Waals surface area contributed by atoms with Gasteiger partial charge in [-0.15, -0.1) is 0 Å². The van der Waals surface area contributed by atoms with Gasteiger partial charge in [-0.25, -0.2) is 13.6 Å². The third kappa shape index (κ3) is 4.70. The van der Waals surface area contributed by atoms with Crippen molar-refractivity contribution in [2.75, 3.05) is 6.54 Å². The smallest absolute Gasteiger partial charge is 0.241 e. The molecule has 0 unspecified atom stereocenters. The SMILES string of the molecule is NS(=O)(=O)c1cnn(CCC(=O)N2CCC[C@H]2CCc2ccccc2)c1. The first-order chi connectivity index (χ1) is 12.4. The van der Waals surface area contributed by atoms with Gasteiger partial charge in [-0.1, -0.05) is 30.3 Å². The van der Waals surface area contributed by atoms with Crippen molar-refractivity contribution >= 4 is 15.9 Å². The summed E-state index contributed by atoms with van der Waals surface area (Å²) in [5.74, 6) is 0.0909. The zero-order valence-corrected chi connectivity index (χ0v) is 15.4. The molecule has 140 valence electrons. The lowest BCUT2D eigenvalue weighted by Crippen LogP contribution is -2.36. The van der Waals surface area contributed by atoms with Crippen molar-refractivity contribution in [3.05, 3.63) is 48.3 Å². The first kappa shape index (κ1) is 18.6. The maximum Gasteiger partial charge on any atom is 0.241 e. The molecular weight excluding hydrogens is 352 g/mol. The van der Waals surface area contributed by atoms with Crippen LogP contribution in [0.25, 0.3) is 0 Å². The van der Waals surface area contributed by atoms with E-state index in [4.69, 9.17) is 5.14 Å². The van der Waals surface area contributed by atoms with Gasteiger partial charge in [0.25, 0.3) is 0 Å². The van der Waals surface area contributed by atoms with Crippen LogP contribution in [-0.4, -0.2) is 41.6 Å². The highest BCUT2D eigenvalue weighted by Gasteiger charge is 2.28. The van der Waals surface area contributed by atoms with Crippen molar-refractivity contribution in [3.63, 3.8) is 0 Å². The zero-order valence-electron chi connectivity index (χ0n) is 14.6. The lowest BCUT2D eigenvalue weighted by Gasteiger charge is -2.25. The second-order valence-electron chi connectivity index (χ2n) is 6.64. The van der Waals surface area contributed by atoms with Crippen LogP contribution in [0.15, 0.2) is 47.6 Å². The quantitative estimate of drug-likeness (QED) is 0.792. The molecule has 7 nitrogen and oxygen atoms in total. The van der Waals surface area contributed by atoms with Gasteiger partial charge in [-0.05, 0) is 31.2 Å². The number of aryl methyl sites for hydroxylation is 2. The molecule has 1 aliphatic heterocycles. The molecule has 0 spiro atoms. The molecule has 1 fully saturated rings. The molecule has 26 heavy (non-hydrogen) atoms. The number of rotatable bonds is 7. The molecule has 0 bridgehead atoms. The van der Waals surface area contributed by atoms with Gasteiger partial charge in [0, 0.05) is 31.7 Å². The summed E-state index contributed by atoms with van der Waals surface area (Å²) >= 11 is 0. The third-order valence-corrected chi connectivity index (χ3v) is 5.67. The Bertz CT molecular complexity index is 848. The second kappa shape index (κ2) is 8.01. The molecule has 1 aliphatic rings. The van der Waals surface area contributed by atoms with E-state index in [0.29, 0.717) is 13.0 Å². The molecular formula is C18H24N4O3S. The number of sulfonamides is 1. The van der Waals surface area contributed by atoms with E-state index in [2.05, 4.69) is 17.2 Å². The number of nitrogens with zero attached hydrogens (tertiary/aromatic N) is 3. The van der Waals surface area contributed by atoms with Gasteiger partial charge in [0.05, 0.1) is 6.20 Å². The number of benzene rings is 1. The Morgan fingerprint density at radius 3 is 2.73 bits per heavy atom. The maximum absolute atomic E-state index is 12.6.